The molecule has 8 heteroatoms. The van der Waals surface area contributed by atoms with Gasteiger partial charge in [-0.05, 0) is 6.07 Å². The van der Waals surface area contributed by atoms with Crippen LogP contribution in [-0.2, 0) is 4.79 Å². The SMILES string of the molecule is CC1CC(=O)NN=C1c1ccc(C(N)=O)c([N+](=O)[O-])c1. The lowest BCUT2D eigenvalue weighted by atomic mass is 9.93. The largest absolute Gasteiger partial charge is 0.365 e. The Morgan fingerprint density at radius 1 is 1.55 bits per heavy atom. The summed E-state index contributed by atoms with van der Waals surface area (Å²) in [6.45, 7) is 1.80. The third kappa shape index (κ3) is 2.48. The first-order valence-corrected chi connectivity index (χ1v) is 5.85. The second-order valence-corrected chi connectivity index (χ2v) is 4.49. The summed E-state index contributed by atoms with van der Waals surface area (Å²) in [5.41, 5.74) is 7.91. The third-order valence-corrected chi connectivity index (χ3v) is 3.02. The monoisotopic (exact) mass is 276 g/mol. The highest BCUT2D eigenvalue weighted by Crippen LogP contribution is 2.24. The maximum absolute atomic E-state index is 11.2. The van der Waals surface area contributed by atoms with Crippen molar-refractivity contribution >= 4 is 23.2 Å². The summed E-state index contributed by atoms with van der Waals surface area (Å²) < 4.78 is 0. The molecule has 0 spiro atoms. The molecule has 8 nitrogen and oxygen atoms in total. The van der Waals surface area contributed by atoms with Crippen LogP contribution >= 0.6 is 0 Å². The summed E-state index contributed by atoms with van der Waals surface area (Å²) in [6, 6.07) is 4.06. The molecule has 3 N–H and O–H groups in total. The van der Waals surface area contributed by atoms with E-state index >= 15 is 0 Å². The van der Waals surface area contributed by atoms with Crippen LogP contribution in [0.2, 0.25) is 0 Å². The number of nitrogens with one attached hydrogen (secondary N) is 1. The highest BCUT2D eigenvalue weighted by molar-refractivity contribution is 6.07. The van der Waals surface area contributed by atoms with E-state index in [-0.39, 0.29) is 29.5 Å². The molecular weight excluding hydrogens is 264 g/mol. The third-order valence-electron chi connectivity index (χ3n) is 3.02. The Morgan fingerprint density at radius 2 is 2.25 bits per heavy atom. The van der Waals surface area contributed by atoms with Gasteiger partial charge < -0.3 is 5.73 Å². The first-order chi connectivity index (χ1) is 9.40. The Morgan fingerprint density at radius 3 is 2.80 bits per heavy atom. The summed E-state index contributed by atoms with van der Waals surface area (Å²) in [6.07, 6.45) is 0.254. The molecule has 1 aliphatic rings. The Balaban J connectivity index is 2.49. The van der Waals surface area contributed by atoms with Gasteiger partial charge in [0.1, 0.15) is 5.56 Å². The zero-order valence-corrected chi connectivity index (χ0v) is 10.6. The predicted octanol–water partition coefficient (Wildman–Crippen LogP) is 0.554. The number of amides is 2. The normalized spacial score (nSPS) is 18.1. The zero-order chi connectivity index (χ0) is 14.9. The van der Waals surface area contributed by atoms with E-state index in [1.54, 1.807) is 6.92 Å². The molecule has 1 aliphatic heterocycles. The number of hydrogen-bond donors (Lipinski definition) is 2. The average Bonchev–Trinajstić information content (AvgIpc) is 2.37. The molecule has 2 amide bonds. The van der Waals surface area contributed by atoms with E-state index < -0.39 is 10.8 Å². The quantitative estimate of drug-likeness (QED) is 0.617. The van der Waals surface area contributed by atoms with Crippen molar-refractivity contribution in [1.82, 2.24) is 5.43 Å². The summed E-state index contributed by atoms with van der Waals surface area (Å²) in [5.74, 6) is -1.23. The number of hydrogen-bond acceptors (Lipinski definition) is 5. The molecule has 0 aromatic heterocycles. The summed E-state index contributed by atoms with van der Waals surface area (Å²) >= 11 is 0. The minimum atomic E-state index is -0.866. The minimum absolute atomic E-state index is 0.160. The fraction of sp³-hybridized carbons (Fsp3) is 0.250. The van der Waals surface area contributed by atoms with Gasteiger partial charge in [0.15, 0.2) is 0 Å². The van der Waals surface area contributed by atoms with Gasteiger partial charge in [-0.3, -0.25) is 19.7 Å². The summed E-state index contributed by atoms with van der Waals surface area (Å²) in [5, 5.41) is 14.9. The highest BCUT2D eigenvalue weighted by Gasteiger charge is 2.25. The van der Waals surface area contributed by atoms with Crippen LogP contribution in [-0.4, -0.2) is 22.4 Å². The number of rotatable bonds is 3. The van der Waals surface area contributed by atoms with Crippen LogP contribution in [0.15, 0.2) is 23.3 Å². The van der Waals surface area contributed by atoms with E-state index in [4.69, 9.17) is 5.73 Å². The molecule has 0 fully saturated rings. The van der Waals surface area contributed by atoms with E-state index in [1.165, 1.54) is 18.2 Å². The van der Waals surface area contributed by atoms with Gasteiger partial charge in [0.25, 0.3) is 11.6 Å². The number of nitrogens with zero attached hydrogens (tertiary/aromatic N) is 2. The number of nitro benzene ring substituents is 1. The molecule has 0 saturated heterocycles. The van der Waals surface area contributed by atoms with Crippen molar-refractivity contribution in [3.63, 3.8) is 0 Å². The van der Waals surface area contributed by atoms with Crippen LogP contribution in [0.5, 0.6) is 0 Å². The van der Waals surface area contributed by atoms with Crippen molar-refractivity contribution in [2.24, 2.45) is 16.8 Å². The molecule has 1 aromatic carbocycles. The van der Waals surface area contributed by atoms with Gasteiger partial charge in [0, 0.05) is 24.0 Å². The zero-order valence-electron chi connectivity index (χ0n) is 10.6. The second-order valence-electron chi connectivity index (χ2n) is 4.49. The molecule has 0 bridgehead atoms. The lowest BCUT2D eigenvalue weighted by molar-refractivity contribution is -0.385. The number of primary amides is 1. The van der Waals surface area contributed by atoms with Gasteiger partial charge >= 0.3 is 0 Å². The van der Waals surface area contributed by atoms with Crippen molar-refractivity contribution in [2.75, 3.05) is 0 Å². The smallest absolute Gasteiger partial charge is 0.282 e. The van der Waals surface area contributed by atoms with E-state index in [9.17, 15) is 19.7 Å². The van der Waals surface area contributed by atoms with Crippen LogP contribution in [0.1, 0.15) is 29.3 Å². The molecule has 1 unspecified atom stereocenters. The molecule has 1 heterocycles. The van der Waals surface area contributed by atoms with Gasteiger partial charge in [-0.15, -0.1) is 0 Å². The average molecular weight is 276 g/mol. The topological polar surface area (TPSA) is 128 Å². The predicted molar refractivity (Wildman–Crippen MR) is 70.1 cm³/mol. The Hall–Kier alpha value is -2.77. The molecular formula is C12H12N4O4. The summed E-state index contributed by atoms with van der Waals surface area (Å²) in [7, 11) is 0. The van der Waals surface area contributed by atoms with Crippen LogP contribution in [0.4, 0.5) is 5.69 Å². The molecule has 0 radical (unpaired) electrons. The van der Waals surface area contributed by atoms with Crippen molar-refractivity contribution in [2.45, 2.75) is 13.3 Å². The van der Waals surface area contributed by atoms with Crippen LogP contribution in [0, 0.1) is 16.0 Å². The fourth-order valence-corrected chi connectivity index (χ4v) is 2.05. The molecule has 0 aliphatic carbocycles. The number of nitrogens with two attached hydrogens (primary N) is 1. The van der Waals surface area contributed by atoms with Gasteiger partial charge in [-0.1, -0.05) is 13.0 Å². The van der Waals surface area contributed by atoms with Crippen molar-refractivity contribution in [3.8, 4) is 0 Å². The summed E-state index contributed by atoms with van der Waals surface area (Å²) in [4.78, 5) is 32.6. The maximum atomic E-state index is 11.2. The number of carbonyl (C=O) groups is 2. The van der Waals surface area contributed by atoms with E-state index in [0.29, 0.717) is 11.3 Å². The Labute approximate surface area is 113 Å². The number of nitro groups is 1. The highest BCUT2D eigenvalue weighted by atomic mass is 16.6. The van der Waals surface area contributed by atoms with Crippen LogP contribution < -0.4 is 11.2 Å². The van der Waals surface area contributed by atoms with Crippen molar-refractivity contribution < 1.29 is 14.5 Å². The van der Waals surface area contributed by atoms with Gasteiger partial charge in [-0.2, -0.15) is 5.10 Å². The maximum Gasteiger partial charge on any atom is 0.282 e. The minimum Gasteiger partial charge on any atom is -0.365 e. The van der Waals surface area contributed by atoms with Crippen molar-refractivity contribution in [3.05, 3.63) is 39.4 Å². The molecule has 1 aromatic rings. The Bertz CT molecular complexity index is 638. The molecule has 20 heavy (non-hydrogen) atoms. The first-order valence-electron chi connectivity index (χ1n) is 5.85. The van der Waals surface area contributed by atoms with Crippen LogP contribution in [0.25, 0.3) is 0 Å². The molecule has 0 saturated carbocycles. The number of hydrazone groups is 1. The lowest BCUT2D eigenvalue weighted by Gasteiger charge is -2.19. The number of benzene rings is 1. The van der Waals surface area contributed by atoms with E-state index in [1.807, 2.05) is 0 Å². The van der Waals surface area contributed by atoms with Gasteiger partial charge in [0.2, 0.25) is 5.91 Å². The fourth-order valence-electron chi connectivity index (χ4n) is 2.05. The second kappa shape index (κ2) is 5.08. The molecule has 104 valence electrons. The Kier molecular flexibility index (Phi) is 3.47. The molecule has 2 rings (SSSR count). The standard InChI is InChI=1S/C12H12N4O4/c1-6-4-10(17)14-15-11(6)7-2-3-8(12(13)18)9(5-7)16(19)20/h2-3,5-6H,4H2,1H3,(H2,13,18)(H,14,17). The lowest BCUT2D eigenvalue weighted by Crippen LogP contribution is -2.32. The van der Waals surface area contributed by atoms with Crippen LogP contribution in [0.3, 0.4) is 0 Å². The van der Waals surface area contributed by atoms with E-state index in [2.05, 4.69) is 10.5 Å². The van der Waals surface area contributed by atoms with Gasteiger partial charge in [0.05, 0.1) is 10.6 Å². The number of carbonyl (C=O) groups excluding carboxylic acids is 2. The van der Waals surface area contributed by atoms with E-state index in [0.717, 1.165) is 0 Å². The van der Waals surface area contributed by atoms with Crippen molar-refractivity contribution in [1.29, 1.82) is 0 Å². The molecule has 1 atom stereocenters. The first kappa shape index (κ1) is 13.7. The van der Waals surface area contributed by atoms with Gasteiger partial charge in [-0.25, -0.2) is 5.43 Å².